The van der Waals surface area contributed by atoms with Gasteiger partial charge in [0.25, 0.3) is 0 Å². The van der Waals surface area contributed by atoms with Gasteiger partial charge in [0.15, 0.2) is 5.16 Å². The molecule has 1 aromatic carbocycles. The molecule has 1 heterocycles. The van der Waals surface area contributed by atoms with Crippen LogP contribution in [0.2, 0.25) is 0 Å². The van der Waals surface area contributed by atoms with Gasteiger partial charge in [-0.15, -0.1) is 0 Å². The molecule has 0 aliphatic rings. The number of carboxylic acids is 1. The molecule has 5 nitrogen and oxygen atoms in total. The fourth-order valence-electron chi connectivity index (χ4n) is 1.92. The van der Waals surface area contributed by atoms with Crippen LogP contribution in [-0.2, 0) is 16.1 Å². The molecular formula is C13H14BrFN2O3S. The summed E-state index contributed by atoms with van der Waals surface area (Å²) in [6.07, 6.45) is 0.761. The van der Waals surface area contributed by atoms with Crippen molar-refractivity contribution < 1.29 is 19.0 Å². The van der Waals surface area contributed by atoms with Gasteiger partial charge in [-0.25, -0.2) is 9.37 Å². The number of ether oxygens (including phenoxy) is 1. The highest BCUT2D eigenvalue weighted by Gasteiger charge is 2.15. The maximum atomic E-state index is 13.6. The quantitative estimate of drug-likeness (QED) is 0.593. The van der Waals surface area contributed by atoms with E-state index >= 15 is 0 Å². The molecule has 0 unspecified atom stereocenters. The zero-order valence-corrected chi connectivity index (χ0v) is 13.7. The smallest absolute Gasteiger partial charge is 0.313 e. The van der Waals surface area contributed by atoms with E-state index < -0.39 is 5.97 Å². The Kier molecular flexibility index (Phi) is 5.60. The van der Waals surface area contributed by atoms with Gasteiger partial charge in [-0.2, -0.15) is 0 Å². The first-order valence-corrected chi connectivity index (χ1v) is 7.99. The maximum absolute atomic E-state index is 13.6. The molecule has 114 valence electrons. The summed E-state index contributed by atoms with van der Waals surface area (Å²) in [5.41, 5.74) is 1.29. The monoisotopic (exact) mass is 376 g/mol. The van der Waals surface area contributed by atoms with E-state index in [9.17, 15) is 9.18 Å². The van der Waals surface area contributed by atoms with Crippen molar-refractivity contribution in [1.29, 1.82) is 0 Å². The number of aryl methyl sites for hydroxylation is 1. The number of halogens is 2. The minimum atomic E-state index is -0.914. The first-order valence-electron chi connectivity index (χ1n) is 6.21. The Hall–Kier alpha value is -1.12. The van der Waals surface area contributed by atoms with Crippen LogP contribution in [0.3, 0.4) is 0 Å². The number of hydrogen-bond donors (Lipinski definition) is 1. The number of aliphatic carboxylic acids is 1. The van der Waals surface area contributed by atoms with Crippen LogP contribution in [0.15, 0.2) is 21.8 Å². The molecule has 8 heteroatoms. The molecule has 0 saturated carbocycles. The molecule has 0 saturated heterocycles. The van der Waals surface area contributed by atoms with Gasteiger partial charge >= 0.3 is 5.97 Å². The zero-order chi connectivity index (χ0) is 15.4. The van der Waals surface area contributed by atoms with Crippen LogP contribution < -0.4 is 0 Å². The highest BCUT2D eigenvalue weighted by molar-refractivity contribution is 9.10. The molecule has 0 amide bonds. The number of hydrogen-bond acceptors (Lipinski definition) is 4. The van der Waals surface area contributed by atoms with Crippen molar-refractivity contribution in [1.82, 2.24) is 9.55 Å². The molecule has 0 atom stereocenters. The number of carboxylic acid groups (broad SMARTS) is 1. The lowest BCUT2D eigenvalue weighted by atomic mass is 10.3. The summed E-state index contributed by atoms with van der Waals surface area (Å²) in [6.45, 7) is 1.22. The summed E-state index contributed by atoms with van der Waals surface area (Å²) in [4.78, 5) is 15.0. The number of methoxy groups -OCH3 is 1. The third-order valence-electron chi connectivity index (χ3n) is 2.81. The fourth-order valence-corrected chi connectivity index (χ4v) is 3.01. The molecule has 0 fully saturated rings. The molecule has 1 N–H and O–H groups in total. The van der Waals surface area contributed by atoms with Crippen LogP contribution in [0.1, 0.15) is 6.42 Å². The van der Waals surface area contributed by atoms with Gasteiger partial charge < -0.3 is 14.4 Å². The number of carbonyl (C=O) groups is 1. The van der Waals surface area contributed by atoms with Crippen LogP contribution in [0.5, 0.6) is 0 Å². The van der Waals surface area contributed by atoms with Gasteiger partial charge in [-0.1, -0.05) is 11.8 Å². The summed E-state index contributed by atoms with van der Waals surface area (Å²) < 4.78 is 20.9. The molecule has 21 heavy (non-hydrogen) atoms. The molecule has 1 aromatic heterocycles. The first-order chi connectivity index (χ1) is 10.0. The van der Waals surface area contributed by atoms with E-state index in [2.05, 4.69) is 20.9 Å². The Morgan fingerprint density at radius 1 is 1.57 bits per heavy atom. The summed E-state index contributed by atoms with van der Waals surface area (Å²) in [6, 6.07) is 3.01. The largest absolute Gasteiger partial charge is 0.481 e. The summed E-state index contributed by atoms with van der Waals surface area (Å²) in [7, 11) is 1.62. The Morgan fingerprint density at radius 3 is 3.00 bits per heavy atom. The first kappa shape index (κ1) is 16.3. The summed E-state index contributed by atoms with van der Waals surface area (Å²) in [5.74, 6) is -1.39. The number of aromatic nitrogens is 2. The average molecular weight is 377 g/mol. The molecule has 0 bridgehead atoms. The van der Waals surface area contributed by atoms with Gasteiger partial charge in [-0.3, -0.25) is 4.79 Å². The lowest BCUT2D eigenvalue weighted by Crippen LogP contribution is -2.05. The number of fused-ring (bicyclic) bond motifs is 1. The lowest BCUT2D eigenvalue weighted by molar-refractivity contribution is -0.133. The number of nitrogens with zero attached hydrogens (tertiary/aromatic N) is 2. The molecular weight excluding hydrogens is 363 g/mol. The number of imidazole rings is 1. The predicted molar refractivity (Wildman–Crippen MR) is 82.2 cm³/mol. The van der Waals surface area contributed by atoms with Crippen molar-refractivity contribution in [2.24, 2.45) is 0 Å². The normalized spacial score (nSPS) is 11.2. The molecule has 2 aromatic rings. The molecule has 0 radical (unpaired) electrons. The zero-order valence-electron chi connectivity index (χ0n) is 11.3. The predicted octanol–water partition coefficient (Wildman–Crippen LogP) is 3.15. The summed E-state index contributed by atoms with van der Waals surface area (Å²) >= 11 is 4.29. The van der Waals surface area contributed by atoms with Crippen molar-refractivity contribution >= 4 is 44.7 Å². The fraction of sp³-hybridized carbons (Fsp3) is 0.385. The van der Waals surface area contributed by atoms with Crippen LogP contribution in [0.25, 0.3) is 11.0 Å². The minimum absolute atomic E-state index is 0.0861. The van der Waals surface area contributed by atoms with Crippen molar-refractivity contribution in [2.75, 3.05) is 19.5 Å². The topological polar surface area (TPSA) is 64.3 Å². The number of rotatable bonds is 7. The standard InChI is InChI=1S/C13H14BrFN2O3S/c1-20-4-2-3-17-11-5-8(14)9(15)6-10(11)16-13(17)21-7-12(18)19/h5-6H,2-4,7H2,1H3,(H,18,19). The van der Waals surface area contributed by atoms with E-state index in [-0.39, 0.29) is 11.6 Å². The van der Waals surface area contributed by atoms with E-state index in [4.69, 9.17) is 9.84 Å². The Labute approximate surface area is 133 Å². The van der Waals surface area contributed by atoms with E-state index in [1.165, 1.54) is 6.07 Å². The van der Waals surface area contributed by atoms with E-state index in [0.717, 1.165) is 23.7 Å². The third-order valence-corrected chi connectivity index (χ3v) is 4.38. The highest BCUT2D eigenvalue weighted by atomic mass is 79.9. The van der Waals surface area contributed by atoms with Crippen LogP contribution in [0.4, 0.5) is 4.39 Å². The van der Waals surface area contributed by atoms with Crippen molar-refractivity contribution in [3.8, 4) is 0 Å². The van der Waals surface area contributed by atoms with E-state index in [1.807, 2.05) is 4.57 Å². The maximum Gasteiger partial charge on any atom is 0.313 e. The van der Waals surface area contributed by atoms with Gasteiger partial charge in [-0.05, 0) is 28.4 Å². The summed E-state index contributed by atoms with van der Waals surface area (Å²) in [5, 5.41) is 9.37. The molecule has 2 rings (SSSR count). The third kappa shape index (κ3) is 3.96. The van der Waals surface area contributed by atoms with E-state index in [1.54, 1.807) is 13.2 Å². The average Bonchev–Trinajstić information content (AvgIpc) is 2.75. The molecule has 0 aliphatic carbocycles. The second-order valence-electron chi connectivity index (χ2n) is 4.33. The second kappa shape index (κ2) is 7.24. The van der Waals surface area contributed by atoms with Gasteiger partial charge in [0.2, 0.25) is 0 Å². The van der Waals surface area contributed by atoms with Crippen molar-refractivity contribution in [2.45, 2.75) is 18.1 Å². The van der Waals surface area contributed by atoms with Gasteiger partial charge in [0.05, 0.1) is 21.3 Å². The minimum Gasteiger partial charge on any atom is -0.481 e. The Balaban J connectivity index is 2.39. The van der Waals surface area contributed by atoms with E-state index in [0.29, 0.717) is 28.3 Å². The van der Waals surface area contributed by atoms with Gasteiger partial charge in [0, 0.05) is 26.3 Å². The van der Waals surface area contributed by atoms with Crippen LogP contribution in [-0.4, -0.2) is 40.1 Å². The molecule has 0 aliphatic heterocycles. The SMILES string of the molecule is COCCCn1c(SCC(=O)O)nc2cc(F)c(Br)cc21. The highest BCUT2D eigenvalue weighted by Crippen LogP contribution is 2.28. The number of thioether (sulfide) groups is 1. The number of benzene rings is 1. The van der Waals surface area contributed by atoms with Crippen molar-refractivity contribution in [3.63, 3.8) is 0 Å². The second-order valence-corrected chi connectivity index (χ2v) is 6.13. The molecule has 0 spiro atoms. The van der Waals surface area contributed by atoms with Crippen LogP contribution in [0, 0.1) is 5.82 Å². The lowest BCUT2D eigenvalue weighted by Gasteiger charge is -2.08. The Bertz CT molecular complexity index is 662. The Morgan fingerprint density at radius 2 is 2.33 bits per heavy atom. The van der Waals surface area contributed by atoms with Crippen LogP contribution >= 0.6 is 27.7 Å². The van der Waals surface area contributed by atoms with Crippen molar-refractivity contribution in [3.05, 3.63) is 22.4 Å². The van der Waals surface area contributed by atoms with Gasteiger partial charge in [0.1, 0.15) is 5.82 Å².